The second-order valence-corrected chi connectivity index (χ2v) is 10.1. The van der Waals surface area contributed by atoms with E-state index in [1.54, 1.807) is 12.1 Å². The molecule has 0 atom stereocenters. The predicted octanol–water partition coefficient (Wildman–Crippen LogP) is 8.71. The van der Waals surface area contributed by atoms with Gasteiger partial charge in [0.05, 0.1) is 13.2 Å². The number of halogens is 3. The Morgan fingerprint density at radius 2 is 1.40 bits per heavy atom. The molecular weight excluding hydrogens is 449 g/mol. The highest BCUT2D eigenvalue weighted by Gasteiger charge is 2.29. The third-order valence-electron chi connectivity index (χ3n) is 7.79. The molecule has 0 amide bonds. The molecule has 2 nitrogen and oxygen atoms in total. The minimum atomic E-state index is -0.650. The zero-order valence-corrected chi connectivity index (χ0v) is 20.9. The highest BCUT2D eigenvalue weighted by Crippen LogP contribution is 2.41. The molecule has 0 bridgehead atoms. The lowest BCUT2D eigenvalue weighted by Crippen LogP contribution is -2.20. The van der Waals surface area contributed by atoms with Gasteiger partial charge in [-0.25, -0.2) is 13.2 Å². The maximum absolute atomic E-state index is 15.1. The third kappa shape index (κ3) is 6.23. The summed E-state index contributed by atoms with van der Waals surface area (Å²) in [6.45, 7) is 4.74. The molecule has 0 saturated heterocycles. The molecule has 2 fully saturated rings. The molecule has 2 aliphatic carbocycles. The van der Waals surface area contributed by atoms with E-state index >= 15 is 8.78 Å². The van der Waals surface area contributed by atoms with Gasteiger partial charge in [0.25, 0.3) is 0 Å². The summed E-state index contributed by atoms with van der Waals surface area (Å²) >= 11 is 0. The van der Waals surface area contributed by atoms with Crippen LogP contribution in [0.2, 0.25) is 0 Å². The highest BCUT2D eigenvalue weighted by molar-refractivity contribution is 5.33. The molecule has 0 aromatic heterocycles. The van der Waals surface area contributed by atoms with Crippen LogP contribution in [0.1, 0.15) is 88.2 Å². The molecule has 190 valence electrons. The molecule has 0 radical (unpaired) electrons. The standard InChI is InChI=1S/C30H37F3O2/c1-3-5-20-6-10-22(11-7-20)25-15-16-26(30(33)29(25)32)23-12-8-21(9-13-23)19-35-24-14-17-28(34-4-2)27(31)18-24/h3,5,14-18,20-23H,4,6-13,19H2,1-2H3. The van der Waals surface area contributed by atoms with Gasteiger partial charge in [-0.3, -0.25) is 0 Å². The smallest absolute Gasteiger partial charge is 0.168 e. The van der Waals surface area contributed by atoms with Crippen molar-refractivity contribution < 1.29 is 22.6 Å². The zero-order chi connectivity index (χ0) is 24.8. The molecule has 0 spiro atoms. The Bertz CT molecular complexity index is 1000. The quantitative estimate of drug-likeness (QED) is 0.347. The van der Waals surface area contributed by atoms with Gasteiger partial charge < -0.3 is 9.47 Å². The average molecular weight is 487 g/mol. The molecule has 2 aliphatic rings. The molecule has 4 rings (SSSR count). The van der Waals surface area contributed by atoms with E-state index in [4.69, 9.17) is 9.47 Å². The maximum Gasteiger partial charge on any atom is 0.168 e. The van der Waals surface area contributed by atoms with Crippen LogP contribution in [-0.4, -0.2) is 13.2 Å². The Balaban J connectivity index is 1.30. The maximum atomic E-state index is 15.1. The Morgan fingerprint density at radius 1 is 0.800 bits per heavy atom. The Kier molecular flexibility index (Phi) is 8.80. The van der Waals surface area contributed by atoms with Crippen molar-refractivity contribution in [2.45, 2.75) is 77.0 Å². The van der Waals surface area contributed by atoms with Crippen molar-refractivity contribution in [3.05, 3.63) is 71.1 Å². The number of rotatable bonds is 8. The summed E-state index contributed by atoms with van der Waals surface area (Å²) in [4.78, 5) is 0. The fourth-order valence-electron chi connectivity index (χ4n) is 5.80. The van der Waals surface area contributed by atoms with Crippen LogP contribution in [0.4, 0.5) is 13.2 Å². The minimum absolute atomic E-state index is 0.0307. The summed E-state index contributed by atoms with van der Waals surface area (Å²) in [6, 6.07) is 8.32. The second-order valence-electron chi connectivity index (χ2n) is 10.1. The summed E-state index contributed by atoms with van der Waals surface area (Å²) in [5, 5.41) is 0. The van der Waals surface area contributed by atoms with Crippen LogP contribution >= 0.6 is 0 Å². The van der Waals surface area contributed by atoms with Crippen molar-refractivity contribution in [2.24, 2.45) is 11.8 Å². The van der Waals surface area contributed by atoms with E-state index < -0.39 is 17.5 Å². The van der Waals surface area contributed by atoms with Crippen LogP contribution in [0.25, 0.3) is 0 Å². The molecule has 0 unspecified atom stereocenters. The van der Waals surface area contributed by atoms with Gasteiger partial charge in [0.1, 0.15) is 5.75 Å². The summed E-state index contributed by atoms with van der Waals surface area (Å²) in [7, 11) is 0. The predicted molar refractivity (Wildman–Crippen MR) is 134 cm³/mol. The van der Waals surface area contributed by atoms with Gasteiger partial charge in [-0.05, 0) is 112 Å². The van der Waals surface area contributed by atoms with Crippen LogP contribution in [0.3, 0.4) is 0 Å². The van der Waals surface area contributed by atoms with E-state index in [0.717, 1.165) is 51.4 Å². The van der Waals surface area contributed by atoms with Crippen LogP contribution in [0.15, 0.2) is 42.5 Å². The number of ether oxygens (including phenoxy) is 2. The zero-order valence-electron chi connectivity index (χ0n) is 20.9. The van der Waals surface area contributed by atoms with Gasteiger partial charge in [-0.1, -0.05) is 24.3 Å². The molecule has 2 saturated carbocycles. The topological polar surface area (TPSA) is 18.5 Å². The minimum Gasteiger partial charge on any atom is -0.493 e. The van der Waals surface area contributed by atoms with E-state index in [-0.39, 0.29) is 17.6 Å². The van der Waals surface area contributed by atoms with E-state index in [1.165, 1.54) is 6.07 Å². The first-order valence-electron chi connectivity index (χ1n) is 13.2. The molecule has 0 aliphatic heterocycles. The first-order chi connectivity index (χ1) is 17.0. The van der Waals surface area contributed by atoms with Gasteiger partial charge >= 0.3 is 0 Å². The van der Waals surface area contributed by atoms with Gasteiger partial charge in [0.2, 0.25) is 0 Å². The Hall–Kier alpha value is -2.43. The van der Waals surface area contributed by atoms with E-state index in [1.807, 2.05) is 26.0 Å². The second kappa shape index (κ2) is 12.0. The van der Waals surface area contributed by atoms with Gasteiger partial charge in [-0.2, -0.15) is 0 Å². The summed E-state index contributed by atoms with van der Waals surface area (Å²) in [5.41, 5.74) is 1.07. The van der Waals surface area contributed by atoms with Gasteiger partial charge in [0.15, 0.2) is 23.2 Å². The largest absolute Gasteiger partial charge is 0.493 e. The summed E-state index contributed by atoms with van der Waals surface area (Å²) < 4.78 is 55.3. The Labute approximate surface area is 207 Å². The number of allylic oxidation sites excluding steroid dienone is 2. The lowest BCUT2D eigenvalue weighted by atomic mass is 9.76. The highest BCUT2D eigenvalue weighted by atomic mass is 19.2. The first kappa shape index (κ1) is 25.7. The molecular formula is C30H37F3O2. The lowest BCUT2D eigenvalue weighted by molar-refractivity contribution is 0.198. The summed E-state index contributed by atoms with van der Waals surface area (Å²) in [6.07, 6.45) is 11.6. The van der Waals surface area contributed by atoms with Crippen LogP contribution in [-0.2, 0) is 0 Å². The molecule has 35 heavy (non-hydrogen) atoms. The van der Waals surface area contributed by atoms with Crippen molar-refractivity contribution in [3.8, 4) is 11.5 Å². The number of benzene rings is 2. The van der Waals surface area contributed by atoms with Gasteiger partial charge in [0, 0.05) is 6.07 Å². The third-order valence-corrected chi connectivity index (χ3v) is 7.79. The lowest BCUT2D eigenvalue weighted by Gasteiger charge is -2.30. The first-order valence-corrected chi connectivity index (χ1v) is 13.2. The fraction of sp³-hybridized carbons (Fsp3) is 0.533. The van der Waals surface area contributed by atoms with Crippen molar-refractivity contribution in [1.82, 2.24) is 0 Å². The van der Waals surface area contributed by atoms with Crippen molar-refractivity contribution >= 4 is 0 Å². The normalized spacial score (nSPS) is 25.1. The van der Waals surface area contributed by atoms with Crippen molar-refractivity contribution in [2.75, 3.05) is 13.2 Å². The van der Waals surface area contributed by atoms with E-state index in [0.29, 0.717) is 41.9 Å². The SMILES string of the molecule is CC=CC1CCC(c2ccc(C3CCC(COc4ccc(OCC)c(F)c4)CC3)c(F)c2F)CC1. The van der Waals surface area contributed by atoms with E-state index in [2.05, 4.69) is 12.2 Å². The molecule has 5 heteroatoms. The number of hydrogen-bond acceptors (Lipinski definition) is 2. The van der Waals surface area contributed by atoms with Crippen LogP contribution in [0.5, 0.6) is 11.5 Å². The molecule has 0 N–H and O–H groups in total. The van der Waals surface area contributed by atoms with Crippen LogP contribution < -0.4 is 9.47 Å². The van der Waals surface area contributed by atoms with Crippen LogP contribution in [0, 0.1) is 29.3 Å². The monoisotopic (exact) mass is 486 g/mol. The fourth-order valence-corrected chi connectivity index (χ4v) is 5.80. The van der Waals surface area contributed by atoms with Gasteiger partial charge in [-0.15, -0.1) is 0 Å². The molecule has 0 heterocycles. The van der Waals surface area contributed by atoms with Crippen molar-refractivity contribution in [3.63, 3.8) is 0 Å². The average Bonchev–Trinajstić information content (AvgIpc) is 2.87. The van der Waals surface area contributed by atoms with E-state index in [9.17, 15) is 4.39 Å². The summed E-state index contributed by atoms with van der Waals surface area (Å²) in [5.74, 6) is 0.0148. The van der Waals surface area contributed by atoms with Crippen molar-refractivity contribution in [1.29, 1.82) is 0 Å². The molecule has 2 aromatic rings. The molecule has 2 aromatic carbocycles. The Morgan fingerprint density at radius 3 is 1.94 bits per heavy atom. The number of hydrogen-bond donors (Lipinski definition) is 0.